The summed E-state index contributed by atoms with van der Waals surface area (Å²) in [6.45, 7) is 3.35. The number of carbonyl (C=O) groups is 2. The Bertz CT molecular complexity index is 340. The largest absolute Gasteiger partial charge is 0.481 e. The molecular formula is C13H22N2O4. The zero-order valence-corrected chi connectivity index (χ0v) is 11.4. The maximum absolute atomic E-state index is 12.3. The van der Waals surface area contributed by atoms with Crippen LogP contribution in [0.4, 0.5) is 4.79 Å². The smallest absolute Gasteiger partial charge is 0.320 e. The quantitative estimate of drug-likeness (QED) is 0.826. The highest BCUT2D eigenvalue weighted by atomic mass is 16.5. The van der Waals surface area contributed by atoms with Gasteiger partial charge in [-0.25, -0.2) is 4.79 Å². The minimum absolute atomic E-state index is 0.0578. The number of amides is 2. The molecule has 6 nitrogen and oxygen atoms in total. The van der Waals surface area contributed by atoms with E-state index >= 15 is 0 Å². The van der Waals surface area contributed by atoms with Crippen LogP contribution in [0.25, 0.3) is 0 Å². The van der Waals surface area contributed by atoms with Crippen molar-refractivity contribution in [3.8, 4) is 0 Å². The number of likely N-dealkylation sites (tertiary alicyclic amines) is 2. The number of nitrogens with zero attached hydrogens (tertiary/aromatic N) is 2. The third-order valence-electron chi connectivity index (χ3n) is 4.07. The zero-order chi connectivity index (χ0) is 13.8. The average Bonchev–Trinajstić information content (AvgIpc) is 2.87. The van der Waals surface area contributed by atoms with Gasteiger partial charge in [0.1, 0.15) is 0 Å². The number of rotatable bonds is 3. The minimum Gasteiger partial charge on any atom is -0.481 e. The van der Waals surface area contributed by atoms with Gasteiger partial charge in [-0.2, -0.15) is 0 Å². The van der Waals surface area contributed by atoms with Crippen LogP contribution >= 0.6 is 0 Å². The Kier molecular flexibility index (Phi) is 4.63. The molecule has 2 heterocycles. The second-order valence-electron chi connectivity index (χ2n) is 5.44. The van der Waals surface area contributed by atoms with E-state index in [1.807, 2.05) is 4.90 Å². The van der Waals surface area contributed by atoms with Crippen LogP contribution in [0.15, 0.2) is 0 Å². The molecule has 2 rings (SSSR count). The van der Waals surface area contributed by atoms with E-state index in [-0.39, 0.29) is 11.9 Å². The summed E-state index contributed by atoms with van der Waals surface area (Å²) in [6, 6.07) is 0.0578. The minimum atomic E-state index is -0.742. The molecule has 2 saturated heterocycles. The summed E-state index contributed by atoms with van der Waals surface area (Å²) in [4.78, 5) is 26.8. The van der Waals surface area contributed by atoms with Crippen molar-refractivity contribution in [3.05, 3.63) is 0 Å². The molecule has 0 aromatic carbocycles. The third-order valence-corrected chi connectivity index (χ3v) is 4.07. The highest BCUT2D eigenvalue weighted by Crippen LogP contribution is 2.22. The molecule has 0 aromatic rings. The number of hydrogen-bond donors (Lipinski definition) is 1. The van der Waals surface area contributed by atoms with Gasteiger partial charge >= 0.3 is 12.0 Å². The molecule has 0 aromatic heterocycles. The fourth-order valence-corrected chi connectivity index (χ4v) is 2.90. The normalized spacial score (nSPS) is 24.8. The summed E-state index contributed by atoms with van der Waals surface area (Å²) >= 11 is 0. The summed E-state index contributed by atoms with van der Waals surface area (Å²) in [5, 5.41) is 8.94. The molecule has 2 amide bonds. The zero-order valence-electron chi connectivity index (χ0n) is 11.4. The fourth-order valence-electron chi connectivity index (χ4n) is 2.90. The van der Waals surface area contributed by atoms with Crippen LogP contribution in [0.3, 0.4) is 0 Å². The predicted octanol–water partition coefficient (Wildman–Crippen LogP) is 0.871. The molecule has 0 radical (unpaired) electrons. The fraction of sp³-hybridized carbons (Fsp3) is 0.846. The van der Waals surface area contributed by atoms with Gasteiger partial charge in [0, 0.05) is 39.2 Å². The Hall–Kier alpha value is -1.30. The predicted molar refractivity (Wildman–Crippen MR) is 68.9 cm³/mol. The molecular weight excluding hydrogens is 248 g/mol. The van der Waals surface area contributed by atoms with Crippen molar-refractivity contribution in [2.24, 2.45) is 11.8 Å². The second kappa shape index (κ2) is 6.23. The van der Waals surface area contributed by atoms with Crippen LogP contribution in [0.1, 0.15) is 19.3 Å². The lowest BCUT2D eigenvalue weighted by molar-refractivity contribution is -0.143. The number of carboxylic acids is 1. The molecule has 1 N–H and O–H groups in total. The summed E-state index contributed by atoms with van der Waals surface area (Å²) in [5.74, 6) is -0.595. The van der Waals surface area contributed by atoms with E-state index in [0.717, 1.165) is 19.5 Å². The summed E-state index contributed by atoms with van der Waals surface area (Å²) in [6.07, 6.45) is 2.12. The maximum Gasteiger partial charge on any atom is 0.320 e. The lowest BCUT2D eigenvalue weighted by Gasteiger charge is -2.33. The Morgan fingerprint density at radius 2 is 1.79 bits per heavy atom. The molecule has 0 saturated carbocycles. The molecule has 0 aliphatic carbocycles. The number of carbonyl (C=O) groups excluding carboxylic acids is 1. The van der Waals surface area contributed by atoms with Crippen LogP contribution < -0.4 is 0 Å². The van der Waals surface area contributed by atoms with Crippen molar-refractivity contribution in [1.82, 2.24) is 9.80 Å². The van der Waals surface area contributed by atoms with Crippen molar-refractivity contribution in [2.45, 2.75) is 19.3 Å². The van der Waals surface area contributed by atoms with Gasteiger partial charge in [0.05, 0.1) is 12.5 Å². The number of ether oxygens (including phenoxy) is 1. The first-order valence-corrected chi connectivity index (χ1v) is 6.87. The first-order chi connectivity index (χ1) is 9.11. The number of aliphatic carboxylic acids is 1. The van der Waals surface area contributed by atoms with Crippen LogP contribution in [0.5, 0.6) is 0 Å². The molecule has 1 atom stereocenters. The Morgan fingerprint density at radius 3 is 2.37 bits per heavy atom. The molecule has 6 heteroatoms. The van der Waals surface area contributed by atoms with Gasteiger partial charge in [-0.3, -0.25) is 4.79 Å². The van der Waals surface area contributed by atoms with Crippen molar-refractivity contribution in [1.29, 1.82) is 0 Å². The highest BCUT2D eigenvalue weighted by molar-refractivity contribution is 5.75. The SMILES string of the molecule is COCC1CCN(C(=O)N2CCC(C(=O)O)CC2)C1. The molecule has 108 valence electrons. The van der Waals surface area contributed by atoms with Crippen molar-refractivity contribution < 1.29 is 19.4 Å². The third kappa shape index (κ3) is 3.37. The van der Waals surface area contributed by atoms with E-state index < -0.39 is 5.97 Å². The summed E-state index contributed by atoms with van der Waals surface area (Å²) in [7, 11) is 1.68. The van der Waals surface area contributed by atoms with E-state index in [1.54, 1.807) is 12.0 Å². The number of carboxylic acid groups (broad SMARTS) is 1. The number of piperidine rings is 1. The first-order valence-electron chi connectivity index (χ1n) is 6.87. The maximum atomic E-state index is 12.3. The first kappa shape index (κ1) is 14.1. The van der Waals surface area contributed by atoms with Crippen LogP contribution in [0, 0.1) is 11.8 Å². The Balaban J connectivity index is 1.80. The van der Waals surface area contributed by atoms with Gasteiger partial charge in [-0.1, -0.05) is 0 Å². The van der Waals surface area contributed by atoms with Crippen molar-refractivity contribution in [2.75, 3.05) is 39.9 Å². The van der Waals surface area contributed by atoms with Crippen molar-refractivity contribution in [3.63, 3.8) is 0 Å². The van der Waals surface area contributed by atoms with Gasteiger partial charge in [0.2, 0.25) is 0 Å². The summed E-state index contributed by atoms with van der Waals surface area (Å²) in [5.41, 5.74) is 0. The van der Waals surface area contributed by atoms with Gasteiger partial charge in [-0.15, -0.1) is 0 Å². The lowest BCUT2D eigenvalue weighted by Crippen LogP contribution is -2.46. The van der Waals surface area contributed by atoms with Gasteiger partial charge in [0.15, 0.2) is 0 Å². The second-order valence-corrected chi connectivity index (χ2v) is 5.44. The lowest BCUT2D eigenvalue weighted by atomic mass is 9.97. The topological polar surface area (TPSA) is 70.1 Å². The Labute approximate surface area is 113 Å². The summed E-state index contributed by atoms with van der Waals surface area (Å²) < 4.78 is 5.12. The van der Waals surface area contributed by atoms with Crippen LogP contribution in [-0.2, 0) is 9.53 Å². The van der Waals surface area contributed by atoms with E-state index in [1.165, 1.54) is 0 Å². The average molecular weight is 270 g/mol. The Morgan fingerprint density at radius 1 is 1.16 bits per heavy atom. The van der Waals surface area contributed by atoms with E-state index in [2.05, 4.69) is 0 Å². The van der Waals surface area contributed by atoms with E-state index in [0.29, 0.717) is 38.5 Å². The van der Waals surface area contributed by atoms with Gasteiger partial charge in [-0.05, 0) is 19.3 Å². The molecule has 2 aliphatic heterocycles. The number of hydrogen-bond acceptors (Lipinski definition) is 3. The van der Waals surface area contributed by atoms with Gasteiger partial charge in [0.25, 0.3) is 0 Å². The van der Waals surface area contributed by atoms with E-state index in [9.17, 15) is 9.59 Å². The monoisotopic (exact) mass is 270 g/mol. The van der Waals surface area contributed by atoms with E-state index in [4.69, 9.17) is 9.84 Å². The molecule has 1 unspecified atom stereocenters. The molecule has 2 fully saturated rings. The highest BCUT2D eigenvalue weighted by Gasteiger charge is 2.32. The standard InChI is InChI=1S/C13H22N2O4/c1-19-9-10-2-5-15(8-10)13(18)14-6-3-11(4-7-14)12(16)17/h10-11H,2-9H2,1H3,(H,16,17). The van der Waals surface area contributed by atoms with Crippen LogP contribution in [0.2, 0.25) is 0 Å². The molecule has 0 spiro atoms. The van der Waals surface area contributed by atoms with Crippen molar-refractivity contribution >= 4 is 12.0 Å². The van der Waals surface area contributed by atoms with Crippen LogP contribution in [-0.4, -0.2) is 66.8 Å². The molecule has 19 heavy (non-hydrogen) atoms. The number of urea groups is 1. The molecule has 2 aliphatic rings. The number of methoxy groups -OCH3 is 1. The molecule has 0 bridgehead atoms. The van der Waals surface area contributed by atoms with Gasteiger partial charge < -0.3 is 19.6 Å².